The van der Waals surface area contributed by atoms with Crippen molar-refractivity contribution >= 4 is 50.9 Å². The van der Waals surface area contributed by atoms with Gasteiger partial charge in [-0.1, -0.05) is 11.8 Å². The molecule has 3 aromatic rings. The maximum Gasteiger partial charge on any atom is 0.308 e. The molecule has 1 N–H and O–H groups in total. The zero-order chi connectivity index (χ0) is 20.8. The first-order chi connectivity index (χ1) is 13.9. The molecule has 0 aliphatic heterocycles. The van der Waals surface area contributed by atoms with Gasteiger partial charge in [-0.05, 0) is 42.5 Å². The number of esters is 1. The van der Waals surface area contributed by atoms with Crippen LogP contribution >= 0.6 is 23.1 Å². The normalized spacial score (nSPS) is 10.9. The van der Waals surface area contributed by atoms with E-state index in [9.17, 15) is 18.4 Å². The highest BCUT2D eigenvalue weighted by Gasteiger charge is 2.10. The van der Waals surface area contributed by atoms with Crippen molar-refractivity contribution < 1.29 is 27.8 Å². The number of benzene rings is 2. The molecule has 29 heavy (non-hydrogen) atoms. The molecule has 1 aromatic heterocycles. The summed E-state index contributed by atoms with van der Waals surface area (Å²) in [6.45, 7) is 1.10. The summed E-state index contributed by atoms with van der Waals surface area (Å²) in [5.41, 5.74) is 1.25. The lowest BCUT2D eigenvalue weighted by atomic mass is 10.3. The second kappa shape index (κ2) is 9.66. The van der Waals surface area contributed by atoms with Crippen LogP contribution in [0.1, 0.15) is 6.92 Å². The summed E-state index contributed by atoms with van der Waals surface area (Å²) in [5.74, 6) is -0.239. The summed E-state index contributed by atoms with van der Waals surface area (Å²) in [6.07, 6.45) is -2.39. The fourth-order valence-corrected chi connectivity index (χ4v) is 4.17. The van der Waals surface area contributed by atoms with Gasteiger partial charge in [0, 0.05) is 12.6 Å². The van der Waals surface area contributed by atoms with Gasteiger partial charge >= 0.3 is 5.97 Å². The van der Waals surface area contributed by atoms with Crippen LogP contribution in [-0.4, -0.2) is 35.6 Å². The predicted octanol–water partition coefficient (Wildman–Crippen LogP) is 4.60. The summed E-state index contributed by atoms with van der Waals surface area (Å²) in [5, 5.41) is 2.72. The maximum absolute atomic E-state index is 12.3. The first-order valence-electron chi connectivity index (χ1n) is 8.42. The monoisotopic (exact) mass is 438 g/mol. The van der Waals surface area contributed by atoms with E-state index in [2.05, 4.69) is 10.3 Å². The van der Waals surface area contributed by atoms with Crippen molar-refractivity contribution in [2.24, 2.45) is 0 Å². The molecule has 0 saturated carbocycles. The molecule has 2 aromatic carbocycles. The van der Waals surface area contributed by atoms with Gasteiger partial charge in [0.25, 0.3) is 5.91 Å². The third kappa shape index (κ3) is 6.40. The quantitative estimate of drug-likeness (QED) is 0.315. The predicted molar refractivity (Wildman–Crippen MR) is 108 cm³/mol. The molecule has 0 unspecified atom stereocenters. The van der Waals surface area contributed by atoms with Crippen molar-refractivity contribution in [2.45, 2.75) is 17.7 Å². The number of fused-ring (bicyclic) bond motifs is 1. The van der Waals surface area contributed by atoms with E-state index in [1.807, 2.05) is 0 Å². The lowest BCUT2D eigenvalue weighted by molar-refractivity contribution is -0.131. The Bertz CT molecular complexity index is 1010. The van der Waals surface area contributed by atoms with Crippen LogP contribution in [0.25, 0.3) is 10.2 Å². The van der Waals surface area contributed by atoms with Crippen LogP contribution in [0.4, 0.5) is 14.5 Å². The highest BCUT2D eigenvalue weighted by Crippen LogP contribution is 2.32. The van der Waals surface area contributed by atoms with Gasteiger partial charge < -0.3 is 14.8 Å². The van der Waals surface area contributed by atoms with Crippen LogP contribution in [0.5, 0.6) is 11.5 Å². The standard InChI is InChI=1S/C19H16F2N2O4S2/c1-11(24)27-14-5-3-13(4-6-14)26-9-18(25)22-12-2-7-15-16(8-12)29-19(23-15)28-10-17(20)21/h2-8,17H,9-10H2,1H3,(H,22,25). The number of hydrogen-bond donors (Lipinski definition) is 1. The van der Waals surface area contributed by atoms with Crippen LogP contribution < -0.4 is 14.8 Å². The molecule has 10 heteroatoms. The molecule has 0 saturated heterocycles. The van der Waals surface area contributed by atoms with Gasteiger partial charge in [0.1, 0.15) is 11.5 Å². The number of carbonyl (C=O) groups is 2. The summed E-state index contributed by atoms with van der Waals surface area (Å²) in [4.78, 5) is 27.3. The molecule has 0 radical (unpaired) electrons. The third-order valence-electron chi connectivity index (χ3n) is 3.44. The zero-order valence-corrected chi connectivity index (χ0v) is 16.8. The van der Waals surface area contributed by atoms with E-state index < -0.39 is 12.4 Å². The molecule has 0 bridgehead atoms. The number of rotatable bonds is 8. The van der Waals surface area contributed by atoms with E-state index >= 15 is 0 Å². The number of carbonyl (C=O) groups excluding carboxylic acids is 2. The topological polar surface area (TPSA) is 77.5 Å². The van der Waals surface area contributed by atoms with E-state index in [0.29, 0.717) is 27.0 Å². The second-order valence-electron chi connectivity index (χ2n) is 5.77. The summed E-state index contributed by atoms with van der Waals surface area (Å²) in [7, 11) is 0. The molecular formula is C19H16F2N2O4S2. The number of hydrogen-bond acceptors (Lipinski definition) is 7. The van der Waals surface area contributed by atoms with E-state index in [-0.39, 0.29) is 18.3 Å². The SMILES string of the molecule is CC(=O)Oc1ccc(OCC(=O)Nc2ccc3nc(SCC(F)F)sc3c2)cc1. The van der Waals surface area contributed by atoms with Crippen molar-refractivity contribution in [1.82, 2.24) is 4.98 Å². The van der Waals surface area contributed by atoms with Gasteiger partial charge in [0.2, 0.25) is 6.43 Å². The number of nitrogens with one attached hydrogen (secondary N) is 1. The van der Waals surface area contributed by atoms with Crippen molar-refractivity contribution in [3.63, 3.8) is 0 Å². The maximum atomic E-state index is 12.3. The van der Waals surface area contributed by atoms with Gasteiger partial charge in [-0.3, -0.25) is 9.59 Å². The summed E-state index contributed by atoms with van der Waals surface area (Å²) < 4.78 is 36.3. The van der Waals surface area contributed by atoms with Crippen LogP contribution in [0.2, 0.25) is 0 Å². The molecule has 3 rings (SSSR count). The number of alkyl halides is 2. The van der Waals surface area contributed by atoms with Crippen molar-refractivity contribution in [2.75, 3.05) is 17.7 Å². The molecule has 152 valence electrons. The number of ether oxygens (including phenoxy) is 2. The first kappa shape index (κ1) is 21.0. The number of amides is 1. The minimum atomic E-state index is -2.39. The van der Waals surface area contributed by atoms with Crippen LogP contribution in [0.15, 0.2) is 46.8 Å². The minimum absolute atomic E-state index is 0.205. The van der Waals surface area contributed by atoms with E-state index in [0.717, 1.165) is 16.5 Å². The lowest BCUT2D eigenvalue weighted by Gasteiger charge is -2.08. The van der Waals surface area contributed by atoms with Gasteiger partial charge in [-0.25, -0.2) is 13.8 Å². The van der Waals surface area contributed by atoms with Crippen molar-refractivity contribution in [3.8, 4) is 11.5 Å². The molecule has 1 heterocycles. The summed E-state index contributed by atoms with van der Waals surface area (Å²) in [6, 6.07) is 11.5. The Hall–Kier alpha value is -2.72. The van der Waals surface area contributed by atoms with Gasteiger partial charge in [-0.15, -0.1) is 11.3 Å². The number of aromatic nitrogens is 1. The Morgan fingerprint density at radius 3 is 2.59 bits per heavy atom. The first-order valence-corrected chi connectivity index (χ1v) is 10.2. The van der Waals surface area contributed by atoms with Crippen LogP contribution in [0.3, 0.4) is 0 Å². The number of anilines is 1. The molecule has 0 aliphatic carbocycles. The molecule has 0 aliphatic rings. The minimum Gasteiger partial charge on any atom is -0.484 e. The Morgan fingerprint density at radius 1 is 1.17 bits per heavy atom. The smallest absolute Gasteiger partial charge is 0.308 e. The van der Waals surface area contributed by atoms with Crippen molar-refractivity contribution in [3.05, 3.63) is 42.5 Å². The van der Waals surface area contributed by atoms with Gasteiger partial charge in [0.05, 0.1) is 16.0 Å². The summed E-state index contributed by atoms with van der Waals surface area (Å²) >= 11 is 2.30. The zero-order valence-electron chi connectivity index (χ0n) is 15.2. The molecule has 0 fully saturated rings. The third-order valence-corrected chi connectivity index (χ3v) is 5.61. The van der Waals surface area contributed by atoms with Gasteiger partial charge in [0.15, 0.2) is 10.9 Å². The Kier molecular flexibility index (Phi) is 6.99. The Labute approximate surface area is 173 Å². The van der Waals surface area contributed by atoms with Gasteiger partial charge in [-0.2, -0.15) is 0 Å². The van der Waals surface area contributed by atoms with E-state index in [4.69, 9.17) is 9.47 Å². The fourth-order valence-electron chi connectivity index (χ4n) is 2.29. The Morgan fingerprint density at radius 2 is 1.90 bits per heavy atom. The molecule has 0 atom stereocenters. The average molecular weight is 438 g/mol. The fraction of sp³-hybridized carbons (Fsp3) is 0.211. The van der Waals surface area contributed by atoms with E-state index in [1.165, 1.54) is 18.3 Å². The number of halogens is 2. The van der Waals surface area contributed by atoms with Crippen LogP contribution in [0, 0.1) is 0 Å². The van der Waals surface area contributed by atoms with Crippen LogP contribution in [-0.2, 0) is 9.59 Å². The second-order valence-corrected chi connectivity index (χ2v) is 8.06. The Balaban J connectivity index is 1.54. The lowest BCUT2D eigenvalue weighted by Crippen LogP contribution is -2.20. The molecular weight excluding hydrogens is 422 g/mol. The number of nitrogens with zero attached hydrogens (tertiary/aromatic N) is 1. The van der Waals surface area contributed by atoms with E-state index in [1.54, 1.807) is 42.5 Å². The molecule has 6 nitrogen and oxygen atoms in total. The molecule has 0 spiro atoms. The van der Waals surface area contributed by atoms with Crippen molar-refractivity contribution in [1.29, 1.82) is 0 Å². The highest BCUT2D eigenvalue weighted by molar-refractivity contribution is 8.01. The highest BCUT2D eigenvalue weighted by atomic mass is 32.2. The number of thioether (sulfide) groups is 1. The number of thiazole rings is 1. The average Bonchev–Trinajstić information content (AvgIpc) is 3.07. The molecule has 1 amide bonds. The largest absolute Gasteiger partial charge is 0.484 e.